The van der Waals surface area contributed by atoms with Crippen LogP contribution < -0.4 is 16.0 Å². The summed E-state index contributed by atoms with van der Waals surface area (Å²) in [6.45, 7) is 4.23. The van der Waals surface area contributed by atoms with Crippen molar-refractivity contribution in [2.24, 2.45) is 17.8 Å². The third kappa shape index (κ3) is 6.14. The van der Waals surface area contributed by atoms with Gasteiger partial charge in [-0.2, -0.15) is 0 Å². The van der Waals surface area contributed by atoms with E-state index < -0.39 is 24.3 Å². The van der Waals surface area contributed by atoms with Gasteiger partial charge in [-0.25, -0.2) is 8.78 Å². The predicted molar refractivity (Wildman–Crippen MR) is 102 cm³/mol. The molecule has 0 bridgehead atoms. The van der Waals surface area contributed by atoms with Crippen molar-refractivity contribution in [2.75, 3.05) is 13.1 Å². The maximum Gasteiger partial charge on any atom is 0.239 e. The molecular weight excluding hydrogens is 368 g/mol. The summed E-state index contributed by atoms with van der Waals surface area (Å²) < 4.78 is 25.5. The van der Waals surface area contributed by atoms with Crippen LogP contribution in [0.3, 0.4) is 0 Å². The van der Waals surface area contributed by atoms with E-state index in [-0.39, 0.29) is 29.6 Å². The number of nitrogens with one attached hydrogen (secondary N) is 3. The molecule has 28 heavy (non-hydrogen) atoms. The highest BCUT2D eigenvalue weighted by Crippen LogP contribution is 2.29. The highest BCUT2D eigenvalue weighted by molar-refractivity contribution is 5.84. The lowest BCUT2D eigenvalue weighted by Crippen LogP contribution is -2.59. The van der Waals surface area contributed by atoms with Crippen LogP contribution in [0.25, 0.3) is 0 Å². The Hall–Kier alpha value is -1.73. The Morgan fingerprint density at radius 3 is 2.50 bits per heavy atom. The largest absolute Gasteiger partial charge is 0.355 e. The van der Waals surface area contributed by atoms with Gasteiger partial charge in [0, 0.05) is 31.8 Å². The fourth-order valence-corrected chi connectivity index (χ4v) is 4.28. The summed E-state index contributed by atoms with van der Waals surface area (Å²) in [7, 11) is 0. The van der Waals surface area contributed by atoms with Crippen LogP contribution in [-0.4, -0.2) is 42.8 Å². The standard InChI is InChI=1S/C20H33F2N3O3/c1-3-14(10-16(21)22)18(27)25-20(7-5-4-6-8-20)12-24-19(28)15-11-23-17(26)9-13(15)2/h13-16H,3-12H2,1-2H3,(H,23,26)(H,24,28)(H,25,27). The number of carbonyl (C=O) groups excluding carboxylic acids is 3. The van der Waals surface area contributed by atoms with Gasteiger partial charge < -0.3 is 16.0 Å². The molecule has 1 aliphatic carbocycles. The van der Waals surface area contributed by atoms with Crippen LogP contribution in [0, 0.1) is 17.8 Å². The molecule has 0 aromatic heterocycles. The molecule has 8 heteroatoms. The van der Waals surface area contributed by atoms with Gasteiger partial charge in [-0.15, -0.1) is 0 Å². The smallest absolute Gasteiger partial charge is 0.239 e. The van der Waals surface area contributed by atoms with Gasteiger partial charge in [-0.1, -0.05) is 33.1 Å². The lowest BCUT2D eigenvalue weighted by molar-refractivity contribution is -0.133. The molecule has 0 spiro atoms. The zero-order chi connectivity index (χ0) is 20.7. The molecule has 1 saturated carbocycles. The monoisotopic (exact) mass is 401 g/mol. The molecular formula is C20H33F2N3O3. The van der Waals surface area contributed by atoms with Crippen LogP contribution in [0.15, 0.2) is 0 Å². The molecule has 2 fully saturated rings. The average molecular weight is 401 g/mol. The fourth-order valence-electron chi connectivity index (χ4n) is 4.28. The number of hydrogen-bond donors (Lipinski definition) is 3. The van der Waals surface area contributed by atoms with Crippen molar-refractivity contribution in [1.29, 1.82) is 0 Å². The van der Waals surface area contributed by atoms with Gasteiger partial charge in [-0.3, -0.25) is 14.4 Å². The molecule has 6 nitrogen and oxygen atoms in total. The summed E-state index contributed by atoms with van der Waals surface area (Å²) >= 11 is 0. The minimum Gasteiger partial charge on any atom is -0.355 e. The van der Waals surface area contributed by atoms with Crippen molar-refractivity contribution in [2.45, 2.75) is 77.2 Å². The van der Waals surface area contributed by atoms with Gasteiger partial charge in [-0.05, 0) is 25.2 Å². The summed E-state index contributed by atoms with van der Waals surface area (Å²) in [4.78, 5) is 36.7. The molecule has 2 rings (SSSR count). The highest BCUT2D eigenvalue weighted by atomic mass is 19.3. The number of halogens is 2. The second kappa shape index (κ2) is 10.2. The van der Waals surface area contributed by atoms with Crippen LogP contribution >= 0.6 is 0 Å². The zero-order valence-electron chi connectivity index (χ0n) is 16.9. The molecule has 1 saturated heterocycles. The second-order valence-electron chi connectivity index (χ2n) is 8.37. The molecule has 0 aromatic carbocycles. The molecule has 2 aliphatic rings. The average Bonchev–Trinajstić information content (AvgIpc) is 2.64. The molecule has 3 amide bonds. The van der Waals surface area contributed by atoms with Gasteiger partial charge in [0.1, 0.15) is 0 Å². The first-order chi connectivity index (χ1) is 13.3. The predicted octanol–water partition coefficient (Wildman–Crippen LogP) is 2.38. The van der Waals surface area contributed by atoms with E-state index in [1.54, 1.807) is 6.92 Å². The van der Waals surface area contributed by atoms with Crippen LogP contribution in [0.5, 0.6) is 0 Å². The first-order valence-corrected chi connectivity index (χ1v) is 10.4. The number of rotatable bonds is 8. The van der Waals surface area contributed by atoms with Gasteiger partial charge in [0.2, 0.25) is 24.1 Å². The van der Waals surface area contributed by atoms with Crippen LogP contribution in [0.2, 0.25) is 0 Å². The Morgan fingerprint density at radius 1 is 1.25 bits per heavy atom. The summed E-state index contributed by atoms with van der Waals surface area (Å²) in [6, 6.07) is 0. The van der Waals surface area contributed by atoms with E-state index in [1.165, 1.54) is 0 Å². The minimum absolute atomic E-state index is 0.0406. The number of alkyl halides is 2. The van der Waals surface area contributed by atoms with E-state index >= 15 is 0 Å². The summed E-state index contributed by atoms with van der Waals surface area (Å²) in [6.07, 6.45) is 2.09. The summed E-state index contributed by atoms with van der Waals surface area (Å²) in [5.41, 5.74) is -0.582. The quantitative estimate of drug-likeness (QED) is 0.584. The Bertz CT molecular complexity index is 565. The lowest BCUT2D eigenvalue weighted by atomic mass is 9.80. The van der Waals surface area contributed by atoms with E-state index in [9.17, 15) is 23.2 Å². The number of amides is 3. The minimum atomic E-state index is -2.51. The van der Waals surface area contributed by atoms with Gasteiger partial charge in [0.15, 0.2) is 0 Å². The summed E-state index contributed by atoms with van der Waals surface area (Å²) in [5, 5.41) is 8.69. The van der Waals surface area contributed by atoms with Crippen LogP contribution in [-0.2, 0) is 14.4 Å². The van der Waals surface area contributed by atoms with Gasteiger partial charge >= 0.3 is 0 Å². The third-order valence-corrected chi connectivity index (χ3v) is 6.18. The van der Waals surface area contributed by atoms with Crippen molar-refractivity contribution in [3.8, 4) is 0 Å². The van der Waals surface area contributed by atoms with Crippen molar-refractivity contribution in [1.82, 2.24) is 16.0 Å². The normalized spacial score (nSPS) is 25.7. The van der Waals surface area contributed by atoms with E-state index in [0.29, 0.717) is 25.9 Å². The second-order valence-corrected chi connectivity index (χ2v) is 8.37. The SMILES string of the molecule is CCC(CC(F)F)C(=O)NC1(CNC(=O)C2CNC(=O)CC2C)CCCCC1. The Kier molecular flexibility index (Phi) is 8.19. The molecule has 3 atom stereocenters. The number of piperidine rings is 1. The highest BCUT2D eigenvalue weighted by Gasteiger charge is 2.37. The Morgan fingerprint density at radius 2 is 1.93 bits per heavy atom. The molecule has 1 aliphatic heterocycles. The van der Waals surface area contributed by atoms with Crippen LogP contribution in [0.1, 0.15) is 65.2 Å². The zero-order valence-corrected chi connectivity index (χ0v) is 16.9. The molecule has 0 aromatic rings. The van der Waals surface area contributed by atoms with Crippen molar-refractivity contribution in [3.05, 3.63) is 0 Å². The molecule has 160 valence electrons. The number of carbonyl (C=O) groups is 3. The van der Waals surface area contributed by atoms with Gasteiger partial charge in [0.25, 0.3) is 0 Å². The Balaban J connectivity index is 1.99. The maximum atomic E-state index is 12.8. The van der Waals surface area contributed by atoms with Crippen molar-refractivity contribution in [3.63, 3.8) is 0 Å². The first kappa shape index (κ1) is 22.6. The Labute approximate surface area is 165 Å². The molecule has 3 N–H and O–H groups in total. The molecule has 0 radical (unpaired) electrons. The van der Waals surface area contributed by atoms with Crippen molar-refractivity contribution >= 4 is 17.7 Å². The van der Waals surface area contributed by atoms with E-state index in [2.05, 4.69) is 16.0 Å². The van der Waals surface area contributed by atoms with Crippen LogP contribution in [0.4, 0.5) is 8.78 Å². The summed E-state index contributed by atoms with van der Waals surface area (Å²) in [5.74, 6) is -1.58. The van der Waals surface area contributed by atoms with E-state index in [0.717, 1.165) is 32.1 Å². The van der Waals surface area contributed by atoms with E-state index in [4.69, 9.17) is 0 Å². The molecule has 1 heterocycles. The lowest BCUT2D eigenvalue weighted by Gasteiger charge is -2.40. The van der Waals surface area contributed by atoms with E-state index in [1.807, 2.05) is 6.92 Å². The number of hydrogen-bond acceptors (Lipinski definition) is 3. The van der Waals surface area contributed by atoms with Crippen molar-refractivity contribution < 1.29 is 23.2 Å². The molecule has 3 unspecified atom stereocenters. The van der Waals surface area contributed by atoms with Gasteiger partial charge in [0.05, 0.1) is 11.5 Å². The first-order valence-electron chi connectivity index (χ1n) is 10.4. The third-order valence-electron chi connectivity index (χ3n) is 6.18. The topological polar surface area (TPSA) is 87.3 Å². The fraction of sp³-hybridized carbons (Fsp3) is 0.850. The maximum absolute atomic E-state index is 12.8.